The Bertz CT molecular complexity index is 268. The summed E-state index contributed by atoms with van der Waals surface area (Å²) in [6.07, 6.45) is 0.471. The minimum absolute atomic E-state index is 0.0980. The van der Waals surface area contributed by atoms with Gasteiger partial charge in [0.15, 0.2) is 0 Å². The number of carbonyl (C=O) groups excluding carboxylic acids is 1. The first-order valence-corrected chi connectivity index (χ1v) is 4.31. The average molecular weight is 194 g/mol. The summed E-state index contributed by atoms with van der Waals surface area (Å²) in [6.45, 7) is 3.18. The molecule has 0 rings (SSSR count). The SMILES string of the molecule is CCC(C)(N)C(=O)N(CC#N)CC#N. The molecule has 0 aliphatic heterocycles. The van der Waals surface area contributed by atoms with Crippen molar-refractivity contribution in [1.82, 2.24) is 4.90 Å². The predicted octanol–water partition coefficient (Wildman–Crippen LogP) is -0.0104. The van der Waals surface area contributed by atoms with Crippen LogP contribution in [0.1, 0.15) is 20.3 Å². The summed E-state index contributed by atoms with van der Waals surface area (Å²) in [5.74, 6) is -0.358. The van der Waals surface area contributed by atoms with Crippen LogP contribution in [0, 0.1) is 22.7 Å². The van der Waals surface area contributed by atoms with Gasteiger partial charge in [0.05, 0.1) is 17.7 Å². The van der Waals surface area contributed by atoms with Crippen molar-refractivity contribution in [3.05, 3.63) is 0 Å². The molecule has 1 amide bonds. The van der Waals surface area contributed by atoms with Crippen LogP contribution < -0.4 is 5.73 Å². The Morgan fingerprint density at radius 3 is 2.14 bits per heavy atom. The van der Waals surface area contributed by atoms with Crippen molar-refractivity contribution >= 4 is 5.91 Å². The molecule has 0 aliphatic rings. The third-order valence-corrected chi connectivity index (χ3v) is 2.03. The van der Waals surface area contributed by atoms with Crippen molar-refractivity contribution in [2.24, 2.45) is 5.73 Å². The Hall–Kier alpha value is -1.59. The van der Waals surface area contributed by atoms with Gasteiger partial charge in [0.25, 0.3) is 0 Å². The van der Waals surface area contributed by atoms with Crippen molar-refractivity contribution in [3.8, 4) is 12.1 Å². The van der Waals surface area contributed by atoms with Gasteiger partial charge >= 0.3 is 0 Å². The molecule has 0 saturated carbocycles. The zero-order valence-electron chi connectivity index (χ0n) is 8.45. The normalized spacial score (nSPS) is 13.5. The van der Waals surface area contributed by atoms with Gasteiger partial charge in [-0.2, -0.15) is 10.5 Å². The summed E-state index contributed by atoms with van der Waals surface area (Å²) in [5.41, 5.74) is 4.72. The van der Waals surface area contributed by atoms with Crippen molar-refractivity contribution < 1.29 is 4.79 Å². The summed E-state index contributed by atoms with van der Waals surface area (Å²) in [5, 5.41) is 16.9. The number of hydrogen-bond acceptors (Lipinski definition) is 4. The van der Waals surface area contributed by atoms with Crippen LogP contribution in [0.5, 0.6) is 0 Å². The molecule has 14 heavy (non-hydrogen) atoms. The monoisotopic (exact) mass is 194 g/mol. The highest BCUT2D eigenvalue weighted by molar-refractivity contribution is 5.86. The highest BCUT2D eigenvalue weighted by Gasteiger charge is 2.30. The third kappa shape index (κ3) is 3.04. The van der Waals surface area contributed by atoms with Crippen LogP contribution in [0.3, 0.4) is 0 Å². The third-order valence-electron chi connectivity index (χ3n) is 2.03. The van der Waals surface area contributed by atoms with E-state index < -0.39 is 5.54 Å². The molecule has 1 atom stereocenters. The molecule has 76 valence electrons. The first-order valence-electron chi connectivity index (χ1n) is 4.31. The van der Waals surface area contributed by atoms with Crippen molar-refractivity contribution in [1.29, 1.82) is 10.5 Å². The smallest absolute Gasteiger partial charge is 0.244 e. The zero-order valence-corrected chi connectivity index (χ0v) is 8.45. The quantitative estimate of drug-likeness (QED) is 0.637. The minimum Gasteiger partial charge on any atom is -0.318 e. The fourth-order valence-electron chi connectivity index (χ4n) is 0.883. The Kier molecular flexibility index (Phi) is 4.62. The Morgan fingerprint density at radius 1 is 1.43 bits per heavy atom. The maximum absolute atomic E-state index is 11.7. The topological polar surface area (TPSA) is 93.9 Å². The van der Waals surface area contributed by atoms with E-state index in [0.29, 0.717) is 6.42 Å². The second-order valence-corrected chi connectivity index (χ2v) is 3.25. The molecule has 0 heterocycles. The van der Waals surface area contributed by atoms with E-state index in [1.807, 2.05) is 12.1 Å². The summed E-state index contributed by atoms with van der Waals surface area (Å²) in [4.78, 5) is 12.8. The number of rotatable bonds is 4. The average Bonchev–Trinajstić information content (AvgIpc) is 2.16. The first-order chi connectivity index (χ1) is 6.49. The number of hydrogen-bond donors (Lipinski definition) is 1. The maximum Gasteiger partial charge on any atom is 0.244 e. The standard InChI is InChI=1S/C9H14N4O/c1-3-9(2,12)8(14)13(6-4-10)7-5-11/h3,6-7,12H2,1-2H3. The molecule has 0 radical (unpaired) electrons. The molecule has 5 nitrogen and oxygen atoms in total. The lowest BCUT2D eigenvalue weighted by Gasteiger charge is -2.27. The van der Waals surface area contributed by atoms with Gasteiger partial charge in [-0.05, 0) is 13.3 Å². The molecular formula is C9H14N4O. The summed E-state index contributed by atoms with van der Waals surface area (Å²) >= 11 is 0. The van der Waals surface area contributed by atoms with Crippen molar-refractivity contribution in [3.63, 3.8) is 0 Å². The fraction of sp³-hybridized carbons (Fsp3) is 0.667. The largest absolute Gasteiger partial charge is 0.318 e. The molecule has 2 N–H and O–H groups in total. The first kappa shape index (κ1) is 12.4. The summed E-state index contributed by atoms with van der Waals surface area (Å²) < 4.78 is 0. The second kappa shape index (κ2) is 5.21. The molecular weight excluding hydrogens is 180 g/mol. The van der Waals surface area contributed by atoms with Crippen LogP contribution in [-0.4, -0.2) is 29.4 Å². The molecule has 5 heteroatoms. The highest BCUT2D eigenvalue weighted by Crippen LogP contribution is 2.09. The number of nitriles is 2. The van der Waals surface area contributed by atoms with Crippen LogP contribution in [0.15, 0.2) is 0 Å². The van der Waals surface area contributed by atoms with E-state index in [-0.39, 0.29) is 19.0 Å². The van der Waals surface area contributed by atoms with Gasteiger partial charge in [-0.15, -0.1) is 0 Å². The molecule has 0 aliphatic carbocycles. The van der Waals surface area contributed by atoms with Crippen LogP contribution in [0.4, 0.5) is 0 Å². The van der Waals surface area contributed by atoms with Gasteiger partial charge in [0.1, 0.15) is 13.1 Å². The van der Waals surface area contributed by atoms with Crippen LogP contribution >= 0.6 is 0 Å². The molecule has 0 saturated heterocycles. The van der Waals surface area contributed by atoms with Gasteiger partial charge in [0, 0.05) is 0 Å². The van der Waals surface area contributed by atoms with Gasteiger partial charge in [-0.3, -0.25) is 4.79 Å². The summed E-state index contributed by atoms with van der Waals surface area (Å²) in [6, 6.07) is 3.66. The zero-order chi connectivity index (χ0) is 11.2. The minimum atomic E-state index is -0.992. The Morgan fingerprint density at radius 2 is 1.86 bits per heavy atom. The Balaban J connectivity index is 4.62. The molecule has 0 aromatic rings. The van der Waals surface area contributed by atoms with Gasteiger partial charge in [0.2, 0.25) is 5.91 Å². The van der Waals surface area contributed by atoms with E-state index in [9.17, 15) is 4.79 Å². The van der Waals surface area contributed by atoms with Gasteiger partial charge in [-0.1, -0.05) is 6.92 Å². The second-order valence-electron chi connectivity index (χ2n) is 3.25. The van der Waals surface area contributed by atoms with E-state index in [0.717, 1.165) is 4.90 Å². The van der Waals surface area contributed by atoms with Crippen LogP contribution in [-0.2, 0) is 4.79 Å². The molecule has 0 spiro atoms. The van der Waals surface area contributed by atoms with Crippen LogP contribution in [0.25, 0.3) is 0 Å². The number of amides is 1. The lowest BCUT2D eigenvalue weighted by atomic mass is 9.98. The summed E-state index contributed by atoms with van der Waals surface area (Å²) in [7, 11) is 0. The number of carbonyl (C=O) groups is 1. The van der Waals surface area contributed by atoms with Gasteiger partial charge < -0.3 is 10.6 Å². The van der Waals surface area contributed by atoms with E-state index in [1.54, 1.807) is 13.8 Å². The highest BCUT2D eigenvalue weighted by atomic mass is 16.2. The lowest BCUT2D eigenvalue weighted by molar-refractivity contribution is -0.135. The lowest BCUT2D eigenvalue weighted by Crippen LogP contribution is -2.53. The Labute approximate surface area is 83.7 Å². The van der Waals surface area contributed by atoms with Crippen molar-refractivity contribution in [2.75, 3.05) is 13.1 Å². The fourth-order valence-corrected chi connectivity index (χ4v) is 0.883. The maximum atomic E-state index is 11.7. The number of nitrogens with zero attached hydrogens (tertiary/aromatic N) is 3. The molecule has 1 unspecified atom stereocenters. The van der Waals surface area contributed by atoms with E-state index in [1.165, 1.54) is 0 Å². The van der Waals surface area contributed by atoms with Crippen LogP contribution in [0.2, 0.25) is 0 Å². The van der Waals surface area contributed by atoms with E-state index >= 15 is 0 Å². The van der Waals surface area contributed by atoms with E-state index in [4.69, 9.17) is 16.3 Å². The molecule has 0 aromatic carbocycles. The molecule has 0 aromatic heterocycles. The predicted molar refractivity (Wildman–Crippen MR) is 50.7 cm³/mol. The molecule has 0 fully saturated rings. The van der Waals surface area contributed by atoms with E-state index in [2.05, 4.69) is 0 Å². The number of nitrogens with two attached hydrogens (primary N) is 1. The van der Waals surface area contributed by atoms with Gasteiger partial charge in [-0.25, -0.2) is 0 Å². The molecule has 0 bridgehead atoms. The van der Waals surface area contributed by atoms with Crippen molar-refractivity contribution in [2.45, 2.75) is 25.8 Å².